The van der Waals surface area contributed by atoms with Crippen LogP contribution >= 0.6 is 0 Å². The third-order valence-electron chi connectivity index (χ3n) is 4.28. The van der Waals surface area contributed by atoms with Crippen molar-refractivity contribution in [2.75, 3.05) is 12.4 Å². The lowest BCUT2D eigenvalue weighted by molar-refractivity contribution is 0.102. The number of rotatable bonds is 4. The number of aromatic amines is 1. The van der Waals surface area contributed by atoms with Crippen molar-refractivity contribution >= 4 is 22.8 Å². The van der Waals surface area contributed by atoms with Crippen LogP contribution in [0.2, 0.25) is 0 Å². The average Bonchev–Trinajstić information content (AvgIpc) is 3.12. The number of nitrogens with one attached hydrogen (secondary N) is 2. The molecule has 0 saturated heterocycles. The number of ether oxygens (including phenoxy) is 1. The molecule has 2 heterocycles. The smallest absolute Gasteiger partial charge is 0.259 e. The molecule has 0 atom stereocenters. The first-order chi connectivity index (χ1) is 13.1. The number of hydrogen-bond acceptors (Lipinski definition) is 4. The minimum absolute atomic E-state index is 0.215. The highest BCUT2D eigenvalue weighted by atomic mass is 16.5. The summed E-state index contributed by atoms with van der Waals surface area (Å²) in [4.78, 5) is 24.5. The molecule has 2 aromatic carbocycles. The van der Waals surface area contributed by atoms with Gasteiger partial charge < -0.3 is 15.0 Å². The lowest BCUT2D eigenvalue weighted by Crippen LogP contribution is -2.13. The summed E-state index contributed by atoms with van der Waals surface area (Å²) in [5.41, 5.74) is 4.70. The Bertz CT molecular complexity index is 1080. The van der Waals surface area contributed by atoms with Crippen LogP contribution in [0.25, 0.3) is 22.6 Å². The van der Waals surface area contributed by atoms with Crippen molar-refractivity contribution < 1.29 is 9.53 Å². The van der Waals surface area contributed by atoms with Crippen LogP contribution in [-0.2, 0) is 0 Å². The fraction of sp³-hybridized carbons (Fsp3) is 0.0952. The average molecular weight is 358 g/mol. The summed E-state index contributed by atoms with van der Waals surface area (Å²) in [6.07, 6.45) is 1.71. The van der Waals surface area contributed by atoms with Gasteiger partial charge in [0.05, 0.1) is 18.2 Å². The standard InChI is InChI=1S/C21H18N4O2/c1-13-5-10-16(18(12-13)27-2)21(26)23-15-8-6-14(7-9-15)19-24-17-4-3-11-22-20(17)25-19/h3-12H,1-2H3,(H,23,26)(H,22,24,25). The number of benzene rings is 2. The van der Waals surface area contributed by atoms with Crippen LogP contribution in [0.15, 0.2) is 60.8 Å². The first-order valence-corrected chi connectivity index (χ1v) is 8.51. The Morgan fingerprint density at radius 1 is 1.11 bits per heavy atom. The van der Waals surface area contributed by atoms with Crippen LogP contribution in [0.5, 0.6) is 5.75 Å². The van der Waals surface area contributed by atoms with Crippen LogP contribution in [0.1, 0.15) is 15.9 Å². The predicted molar refractivity (Wildman–Crippen MR) is 105 cm³/mol. The Labute approximate surface area is 156 Å². The summed E-state index contributed by atoms with van der Waals surface area (Å²) < 4.78 is 5.31. The number of carbonyl (C=O) groups excluding carboxylic acids is 1. The summed E-state index contributed by atoms with van der Waals surface area (Å²) in [5, 5.41) is 2.90. The number of aromatic nitrogens is 3. The molecule has 0 bridgehead atoms. The molecule has 2 N–H and O–H groups in total. The Kier molecular flexibility index (Phi) is 4.30. The van der Waals surface area contributed by atoms with Crippen molar-refractivity contribution in [2.24, 2.45) is 0 Å². The van der Waals surface area contributed by atoms with E-state index in [2.05, 4.69) is 20.3 Å². The van der Waals surface area contributed by atoms with Crippen molar-refractivity contribution in [1.29, 1.82) is 0 Å². The van der Waals surface area contributed by atoms with Gasteiger partial charge in [0.25, 0.3) is 5.91 Å². The summed E-state index contributed by atoms with van der Waals surface area (Å²) in [6, 6.07) is 16.8. The number of amides is 1. The van der Waals surface area contributed by atoms with Gasteiger partial charge in [0.1, 0.15) is 11.6 Å². The number of fused-ring (bicyclic) bond motifs is 1. The quantitative estimate of drug-likeness (QED) is 0.573. The van der Waals surface area contributed by atoms with E-state index < -0.39 is 0 Å². The van der Waals surface area contributed by atoms with Crippen LogP contribution in [0.4, 0.5) is 5.69 Å². The van der Waals surface area contributed by atoms with Gasteiger partial charge in [0.2, 0.25) is 0 Å². The zero-order valence-corrected chi connectivity index (χ0v) is 15.0. The summed E-state index contributed by atoms with van der Waals surface area (Å²) >= 11 is 0. The molecule has 0 spiro atoms. The maximum absolute atomic E-state index is 12.6. The topological polar surface area (TPSA) is 79.9 Å². The molecule has 4 rings (SSSR count). The molecule has 0 unspecified atom stereocenters. The third-order valence-corrected chi connectivity index (χ3v) is 4.28. The number of aryl methyl sites for hydroxylation is 1. The molecule has 4 aromatic rings. The molecular weight excluding hydrogens is 340 g/mol. The summed E-state index contributed by atoms with van der Waals surface area (Å²) in [6.45, 7) is 1.95. The van der Waals surface area contributed by atoms with Crippen LogP contribution < -0.4 is 10.1 Å². The highest BCUT2D eigenvalue weighted by molar-refractivity contribution is 6.06. The van der Waals surface area contributed by atoms with E-state index in [1.165, 1.54) is 0 Å². The number of nitrogens with zero attached hydrogens (tertiary/aromatic N) is 2. The number of pyridine rings is 1. The monoisotopic (exact) mass is 358 g/mol. The maximum Gasteiger partial charge on any atom is 0.259 e. The Hall–Kier alpha value is -3.67. The Morgan fingerprint density at radius 2 is 1.93 bits per heavy atom. The maximum atomic E-state index is 12.6. The fourth-order valence-electron chi connectivity index (χ4n) is 2.88. The largest absolute Gasteiger partial charge is 0.496 e. The normalized spacial score (nSPS) is 10.7. The fourth-order valence-corrected chi connectivity index (χ4v) is 2.88. The minimum Gasteiger partial charge on any atom is -0.496 e. The molecule has 1 amide bonds. The predicted octanol–water partition coefficient (Wildman–Crippen LogP) is 4.19. The number of carbonyl (C=O) groups is 1. The van der Waals surface area contributed by atoms with E-state index in [1.54, 1.807) is 19.4 Å². The first kappa shape index (κ1) is 16.8. The second-order valence-corrected chi connectivity index (χ2v) is 6.20. The van der Waals surface area contributed by atoms with Gasteiger partial charge in [-0.1, -0.05) is 6.07 Å². The Balaban J connectivity index is 1.55. The highest BCUT2D eigenvalue weighted by Gasteiger charge is 2.13. The highest BCUT2D eigenvalue weighted by Crippen LogP contribution is 2.24. The molecular formula is C21H18N4O2. The van der Waals surface area contributed by atoms with Gasteiger partial charge in [-0.05, 0) is 61.0 Å². The molecule has 0 saturated carbocycles. The van der Waals surface area contributed by atoms with Gasteiger partial charge in [0, 0.05) is 17.4 Å². The molecule has 0 radical (unpaired) electrons. The minimum atomic E-state index is -0.215. The number of hydrogen-bond donors (Lipinski definition) is 2. The van der Waals surface area contributed by atoms with E-state index in [1.807, 2.05) is 55.5 Å². The van der Waals surface area contributed by atoms with Crippen molar-refractivity contribution in [3.05, 3.63) is 71.9 Å². The van der Waals surface area contributed by atoms with Crippen LogP contribution in [0, 0.1) is 6.92 Å². The number of H-pyrrole nitrogens is 1. The molecule has 27 heavy (non-hydrogen) atoms. The number of imidazole rings is 1. The second kappa shape index (κ2) is 6.92. The SMILES string of the molecule is COc1cc(C)ccc1C(=O)Nc1ccc(-c2nc3ncccc3[nH]2)cc1. The van der Waals surface area contributed by atoms with E-state index in [0.717, 1.165) is 22.5 Å². The number of methoxy groups -OCH3 is 1. The van der Waals surface area contributed by atoms with E-state index in [4.69, 9.17) is 4.74 Å². The zero-order valence-electron chi connectivity index (χ0n) is 15.0. The molecule has 6 nitrogen and oxygen atoms in total. The second-order valence-electron chi connectivity index (χ2n) is 6.20. The molecule has 0 aliphatic rings. The van der Waals surface area contributed by atoms with Gasteiger partial charge >= 0.3 is 0 Å². The Morgan fingerprint density at radius 3 is 2.67 bits per heavy atom. The van der Waals surface area contributed by atoms with E-state index >= 15 is 0 Å². The van der Waals surface area contributed by atoms with Gasteiger partial charge in [-0.15, -0.1) is 0 Å². The van der Waals surface area contributed by atoms with E-state index in [-0.39, 0.29) is 5.91 Å². The third kappa shape index (κ3) is 3.37. The van der Waals surface area contributed by atoms with Crippen LogP contribution in [0.3, 0.4) is 0 Å². The summed E-state index contributed by atoms with van der Waals surface area (Å²) in [7, 11) is 1.56. The van der Waals surface area contributed by atoms with E-state index in [0.29, 0.717) is 22.6 Å². The van der Waals surface area contributed by atoms with E-state index in [9.17, 15) is 4.79 Å². The lowest BCUT2D eigenvalue weighted by Gasteiger charge is -2.10. The van der Waals surface area contributed by atoms with Crippen molar-refractivity contribution in [1.82, 2.24) is 15.0 Å². The zero-order chi connectivity index (χ0) is 18.8. The molecule has 0 aliphatic carbocycles. The molecule has 6 heteroatoms. The van der Waals surface area contributed by atoms with Gasteiger partial charge in [-0.25, -0.2) is 9.97 Å². The molecule has 134 valence electrons. The summed E-state index contributed by atoms with van der Waals surface area (Å²) in [5.74, 6) is 1.08. The lowest BCUT2D eigenvalue weighted by atomic mass is 10.1. The van der Waals surface area contributed by atoms with Crippen LogP contribution in [-0.4, -0.2) is 28.0 Å². The first-order valence-electron chi connectivity index (χ1n) is 8.51. The van der Waals surface area contributed by atoms with Gasteiger partial charge in [-0.2, -0.15) is 0 Å². The molecule has 0 fully saturated rings. The van der Waals surface area contributed by atoms with Crippen molar-refractivity contribution in [3.8, 4) is 17.1 Å². The molecule has 2 aromatic heterocycles. The van der Waals surface area contributed by atoms with Gasteiger partial charge in [-0.3, -0.25) is 4.79 Å². The van der Waals surface area contributed by atoms with Crippen molar-refractivity contribution in [2.45, 2.75) is 6.92 Å². The molecule has 0 aliphatic heterocycles. The van der Waals surface area contributed by atoms with Crippen molar-refractivity contribution in [3.63, 3.8) is 0 Å². The number of anilines is 1. The van der Waals surface area contributed by atoms with Gasteiger partial charge in [0.15, 0.2) is 5.65 Å².